The first kappa shape index (κ1) is 22.7. The number of hydrogen-bond acceptors (Lipinski definition) is 5. The van der Waals surface area contributed by atoms with Gasteiger partial charge in [-0.2, -0.15) is 0 Å². The third-order valence-electron chi connectivity index (χ3n) is 6.18. The molecular weight excluding hydrogens is 442 g/mol. The highest BCUT2D eigenvalue weighted by Gasteiger charge is 2.48. The highest BCUT2D eigenvalue weighted by atomic mass is 16.5. The van der Waals surface area contributed by atoms with Crippen LogP contribution in [0.3, 0.4) is 0 Å². The molecule has 1 amide bonds. The molecule has 0 saturated carbocycles. The Morgan fingerprint density at radius 3 is 2.49 bits per heavy atom. The minimum Gasteiger partial charge on any atom is -0.494 e. The first-order valence-electron chi connectivity index (χ1n) is 11.8. The molecule has 178 valence electrons. The molecule has 2 unspecified atom stereocenters. The summed E-state index contributed by atoms with van der Waals surface area (Å²) in [5.74, 6) is -0.765. The normalized spacial score (nSPS) is 17.3. The molecule has 0 bridgehead atoms. The van der Waals surface area contributed by atoms with Crippen LogP contribution in [0, 0.1) is 5.92 Å². The molecule has 2 heterocycles. The van der Waals surface area contributed by atoms with E-state index in [4.69, 9.17) is 14.5 Å². The number of amides is 1. The lowest BCUT2D eigenvalue weighted by Crippen LogP contribution is -2.49. The van der Waals surface area contributed by atoms with Gasteiger partial charge in [0.05, 0.1) is 36.8 Å². The van der Waals surface area contributed by atoms with Gasteiger partial charge in [0.15, 0.2) is 5.92 Å². The highest BCUT2D eigenvalue weighted by molar-refractivity contribution is 6.08. The van der Waals surface area contributed by atoms with Crippen molar-refractivity contribution in [2.24, 2.45) is 5.92 Å². The molecular formula is C28H27N3O4. The number of carbonyl (C=O) groups is 2. The van der Waals surface area contributed by atoms with Gasteiger partial charge in [-0.05, 0) is 49.2 Å². The maximum Gasteiger partial charge on any atom is 0.321 e. The SMILES string of the molecule is CCOC(=O)C1C(=O)N(Cc2ccccc2)c2nc3ccccc3n2C1c1cccc(OCC)c1. The Hall–Kier alpha value is -4.13. The number of ether oxygens (including phenoxy) is 2. The third-order valence-corrected chi connectivity index (χ3v) is 6.18. The molecule has 0 spiro atoms. The standard InChI is InChI=1S/C28H27N3O4/c1-3-34-21-14-10-13-20(17-21)25-24(27(33)35-4-2)26(32)30(18-19-11-6-5-7-12-19)28-29-22-15-8-9-16-23(22)31(25)28/h5-17,24-25H,3-4,18H2,1-2H3. The average Bonchev–Trinajstić information content (AvgIpc) is 3.26. The second-order valence-corrected chi connectivity index (χ2v) is 8.36. The molecule has 1 aliphatic rings. The van der Waals surface area contributed by atoms with Gasteiger partial charge >= 0.3 is 5.97 Å². The number of aromatic nitrogens is 2. The van der Waals surface area contributed by atoms with Crippen molar-refractivity contribution < 1.29 is 19.1 Å². The fourth-order valence-corrected chi connectivity index (χ4v) is 4.72. The molecule has 4 aromatic rings. The van der Waals surface area contributed by atoms with Crippen molar-refractivity contribution in [1.82, 2.24) is 9.55 Å². The lowest BCUT2D eigenvalue weighted by atomic mass is 9.89. The van der Waals surface area contributed by atoms with Crippen LogP contribution >= 0.6 is 0 Å². The van der Waals surface area contributed by atoms with Gasteiger partial charge in [0, 0.05) is 0 Å². The second-order valence-electron chi connectivity index (χ2n) is 8.36. The number of benzene rings is 3. The van der Waals surface area contributed by atoms with E-state index in [1.807, 2.05) is 90.4 Å². The topological polar surface area (TPSA) is 73.7 Å². The van der Waals surface area contributed by atoms with Gasteiger partial charge in [0.1, 0.15) is 5.75 Å². The number of carbonyl (C=O) groups excluding carboxylic acids is 2. The van der Waals surface area contributed by atoms with E-state index in [9.17, 15) is 9.59 Å². The zero-order valence-electron chi connectivity index (χ0n) is 19.8. The van der Waals surface area contributed by atoms with Crippen LogP contribution in [0.2, 0.25) is 0 Å². The lowest BCUT2D eigenvalue weighted by molar-refractivity contribution is -0.153. The van der Waals surface area contributed by atoms with Crippen molar-refractivity contribution in [2.45, 2.75) is 26.4 Å². The van der Waals surface area contributed by atoms with Crippen molar-refractivity contribution in [3.63, 3.8) is 0 Å². The molecule has 1 aromatic heterocycles. The van der Waals surface area contributed by atoms with Crippen LogP contribution < -0.4 is 9.64 Å². The number of rotatable bonds is 7. The molecule has 2 atom stereocenters. The molecule has 0 radical (unpaired) electrons. The number of hydrogen-bond donors (Lipinski definition) is 0. The largest absolute Gasteiger partial charge is 0.494 e. The van der Waals surface area contributed by atoms with Crippen LogP contribution in [0.4, 0.5) is 5.95 Å². The predicted molar refractivity (Wildman–Crippen MR) is 133 cm³/mol. The average molecular weight is 470 g/mol. The summed E-state index contributed by atoms with van der Waals surface area (Å²) in [6.07, 6.45) is 0. The zero-order chi connectivity index (χ0) is 24.4. The van der Waals surface area contributed by atoms with Crippen LogP contribution in [0.15, 0.2) is 78.9 Å². The minimum atomic E-state index is -1.07. The van der Waals surface area contributed by atoms with Crippen LogP contribution in [-0.2, 0) is 20.9 Å². The highest BCUT2D eigenvalue weighted by Crippen LogP contribution is 2.42. The number of esters is 1. The summed E-state index contributed by atoms with van der Waals surface area (Å²) in [6.45, 7) is 4.66. The summed E-state index contributed by atoms with van der Waals surface area (Å²) in [5.41, 5.74) is 3.32. The van der Waals surface area contributed by atoms with Gasteiger partial charge in [-0.15, -0.1) is 0 Å². The monoisotopic (exact) mass is 469 g/mol. The van der Waals surface area contributed by atoms with E-state index >= 15 is 0 Å². The minimum absolute atomic E-state index is 0.185. The first-order valence-corrected chi connectivity index (χ1v) is 11.8. The predicted octanol–water partition coefficient (Wildman–Crippen LogP) is 4.75. The zero-order valence-corrected chi connectivity index (χ0v) is 19.8. The van der Waals surface area contributed by atoms with Gasteiger partial charge in [-0.25, -0.2) is 4.98 Å². The van der Waals surface area contributed by atoms with Crippen molar-refractivity contribution in [3.8, 4) is 5.75 Å². The summed E-state index contributed by atoms with van der Waals surface area (Å²) in [7, 11) is 0. The summed E-state index contributed by atoms with van der Waals surface area (Å²) in [5, 5.41) is 0. The van der Waals surface area contributed by atoms with Crippen molar-refractivity contribution >= 4 is 28.9 Å². The van der Waals surface area contributed by atoms with E-state index in [-0.39, 0.29) is 12.5 Å². The quantitative estimate of drug-likeness (QED) is 0.288. The Bertz CT molecular complexity index is 1370. The maximum atomic E-state index is 14.0. The van der Waals surface area contributed by atoms with Crippen LogP contribution in [0.25, 0.3) is 11.0 Å². The number of para-hydroxylation sites is 2. The van der Waals surface area contributed by atoms with Crippen LogP contribution in [0.5, 0.6) is 5.75 Å². The van der Waals surface area contributed by atoms with E-state index in [1.165, 1.54) is 0 Å². The Balaban J connectivity index is 1.74. The summed E-state index contributed by atoms with van der Waals surface area (Å²) >= 11 is 0. The molecule has 0 aliphatic carbocycles. The van der Waals surface area contributed by atoms with E-state index in [1.54, 1.807) is 11.8 Å². The molecule has 3 aromatic carbocycles. The van der Waals surface area contributed by atoms with Crippen molar-refractivity contribution in [1.29, 1.82) is 0 Å². The second kappa shape index (κ2) is 9.62. The van der Waals surface area contributed by atoms with Gasteiger partial charge < -0.3 is 14.0 Å². The number of imidazole rings is 1. The van der Waals surface area contributed by atoms with Gasteiger partial charge in [0.25, 0.3) is 0 Å². The Morgan fingerprint density at radius 1 is 0.943 bits per heavy atom. The number of anilines is 1. The van der Waals surface area contributed by atoms with Gasteiger partial charge in [0.2, 0.25) is 11.9 Å². The number of nitrogens with zero attached hydrogens (tertiary/aromatic N) is 3. The molecule has 1 aliphatic heterocycles. The Morgan fingerprint density at radius 2 is 1.71 bits per heavy atom. The van der Waals surface area contributed by atoms with Crippen molar-refractivity contribution in [2.75, 3.05) is 18.1 Å². The Labute approximate surface area is 203 Å². The lowest BCUT2D eigenvalue weighted by Gasteiger charge is -2.38. The van der Waals surface area contributed by atoms with Gasteiger partial charge in [-0.3, -0.25) is 14.5 Å². The summed E-state index contributed by atoms with van der Waals surface area (Å²) in [4.78, 5) is 33.8. The van der Waals surface area contributed by atoms with Gasteiger partial charge in [-0.1, -0.05) is 54.6 Å². The van der Waals surface area contributed by atoms with E-state index < -0.39 is 17.9 Å². The molecule has 0 N–H and O–H groups in total. The smallest absolute Gasteiger partial charge is 0.321 e. The van der Waals surface area contributed by atoms with E-state index in [0.29, 0.717) is 24.8 Å². The van der Waals surface area contributed by atoms with Crippen LogP contribution in [-0.4, -0.2) is 34.6 Å². The van der Waals surface area contributed by atoms with E-state index in [0.717, 1.165) is 22.2 Å². The fourth-order valence-electron chi connectivity index (χ4n) is 4.72. The number of fused-ring (bicyclic) bond motifs is 3. The van der Waals surface area contributed by atoms with Crippen molar-refractivity contribution in [3.05, 3.63) is 90.0 Å². The molecule has 7 nitrogen and oxygen atoms in total. The molecule has 35 heavy (non-hydrogen) atoms. The van der Waals surface area contributed by atoms with E-state index in [2.05, 4.69) is 0 Å². The first-order chi connectivity index (χ1) is 17.1. The van der Waals surface area contributed by atoms with Crippen LogP contribution in [0.1, 0.15) is 31.0 Å². The molecule has 0 saturated heterocycles. The Kier molecular flexibility index (Phi) is 6.23. The third kappa shape index (κ3) is 4.14. The maximum absolute atomic E-state index is 14.0. The molecule has 0 fully saturated rings. The summed E-state index contributed by atoms with van der Waals surface area (Å²) < 4.78 is 13.2. The molecule has 5 rings (SSSR count). The summed E-state index contributed by atoms with van der Waals surface area (Å²) in [6, 6.07) is 24.3. The fraction of sp³-hybridized carbons (Fsp3) is 0.250. The molecule has 7 heteroatoms.